The lowest BCUT2D eigenvalue weighted by Gasteiger charge is -2.14. The fourth-order valence-corrected chi connectivity index (χ4v) is 5.45. The molecule has 4 rings (SSSR count). The van der Waals surface area contributed by atoms with Gasteiger partial charge in [0.2, 0.25) is 10.0 Å². The number of benzene rings is 2. The van der Waals surface area contributed by atoms with Crippen LogP contribution in [-0.4, -0.2) is 43.2 Å². The van der Waals surface area contributed by atoms with Gasteiger partial charge in [-0.25, -0.2) is 22.5 Å². The van der Waals surface area contributed by atoms with E-state index in [1.807, 2.05) is 0 Å². The Labute approximate surface area is 212 Å². The fourth-order valence-electron chi connectivity index (χ4n) is 4.41. The minimum absolute atomic E-state index is 0.0792. The van der Waals surface area contributed by atoms with Crippen molar-refractivity contribution in [3.8, 4) is 5.75 Å². The van der Waals surface area contributed by atoms with Crippen molar-refractivity contribution < 1.29 is 22.3 Å². The zero-order valence-electron chi connectivity index (χ0n) is 19.5. The second kappa shape index (κ2) is 10.9. The molecule has 0 radical (unpaired) electrons. The van der Waals surface area contributed by atoms with Gasteiger partial charge < -0.3 is 15.0 Å². The van der Waals surface area contributed by atoms with Gasteiger partial charge in [-0.05, 0) is 61.4 Å². The Morgan fingerprint density at radius 1 is 1.28 bits per heavy atom. The standard InChI is InChI=1S/C24H26ClFN4O5S/c1-36(33,34)30-17-6-5-14(12-17)9-10-35-21-18(26)7-8-19-20(21)23(31)29-22(28-19)24(32)27-13-15-3-2-4-16(25)11-15/h2-4,7-8,11,14,17,30H,5-6,9-10,12-13H2,1H3,(H,27,32)(H,28,29,31). The average Bonchev–Trinajstić information content (AvgIpc) is 3.24. The summed E-state index contributed by atoms with van der Waals surface area (Å²) in [6.45, 7) is 0.328. The van der Waals surface area contributed by atoms with E-state index < -0.39 is 27.3 Å². The molecule has 1 amide bonds. The molecule has 36 heavy (non-hydrogen) atoms. The molecule has 1 heterocycles. The summed E-state index contributed by atoms with van der Waals surface area (Å²) in [4.78, 5) is 31.9. The lowest BCUT2D eigenvalue weighted by atomic mass is 10.0. The Bertz CT molecular complexity index is 1450. The highest BCUT2D eigenvalue weighted by Crippen LogP contribution is 2.30. The minimum atomic E-state index is -3.27. The number of halogens is 2. The summed E-state index contributed by atoms with van der Waals surface area (Å²) in [5.41, 5.74) is 0.208. The summed E-state index contributed by atoms with van der Waals surface area (Å²) in [6, 6.07) is 9.32. The molecule has 1 fully saturated rings. The molecule has 0 bridgehead atoms. The number of hydrogen-bond acceptors (Lipinski definition) is 6. The van der Waals surface area contributed by atoms with E-state index in [0.29, 0.717) is 17.9 Å². The van der Waals surface area contributed by atoms with Gasteiger partial charge in [0.1, 0.15) is 5.39 Å². The van der Waals surface area contributed by atoms with Gasteiger partial charge in [-0.15, -0.1) is 0 Å². The average molecular weight is 537 g/mol. The van der Waals surface area contributed by atoms with Crippen LogP contribution in [0.3, 0.4) is 0 Å². The number of fused-ring (bicyclic) bond motifs is 1. The summed E-state index contributed by atoms with van der Waals surface area (Å²) in [6.07, 6.45) is 3.93. The SMILES string of the molecule is CS(=O)(=O)NC1CCC(CCOc2c(F)ccc3nc(C(=O)NCc4cccc(Cl)c4)[nH]c(=O)c23)C1. The van der Waals surface area contributed by atoms with Crippen LogP contribution in [0.1, 0.15) is 41.9 Å². The van der Waals surface area contributed by atoms with Gasteiger partial charge in [0, 0.05) is 17.6 Å². The van der Waals surface area contributed by atoms with Crippen LogP contribution >= 0.6 is 11.6 Å². The van der Waals surface area contributed by atoms with Crippen LogP contribution in [0.25, 0.3) is 10.9 Å². The van der Waals surface area contributed by atoms with Crippen LogP contribution in [0.5, 0.6) is 5.75 Å². The van der Waals surface area contributed by atoms with Crippen LogP contribution in [0.15, 0.2) is 41.2 Å². The maximum atomic E-state index is 14.6. The third-order valence-corrected chi connectivity index (χ3v) is 7.03. The third kappa shape index (κ3) is 6.59. The van der Waals surface area contributed by atoms with E-state index in [2.05, 4.69) is 20.0 Å². The number of nitrogens with zero attached hydrogens (tertiary/aromatic N) is 1. The number of hydrogen-bond donors (Lipinski definition) is 3. The van der Waals surface area contributed by atoms with Crippen molar-refractivity contribution in [2.45, 2.75) is 38.3 Å². The topological polar surface area (TPSA) is 130 Å². The molecule has 12 heteroatoms. The molecule has 1 aromatic heterocycles. The normalized spacial score (nSPS) is 17.9. The van der Waals surface area contributed by atoms with Gasteiger partial charge in [0.15, 0.2) is 17.4 Å². The molecule has 2 unspecified atom stereocenters. The van der Waals surface area contributed by atoms with Crippen molar-refractivity contribution in [2.24, 2.45) is 5.92 Å². The monoisotopic (exact) mass is 536 g/mol. The fraction of sp³-hybridized carbons (Fsp3) is 0.375. The number of rotatable bonds is 9. The zero-order valence-corrected chi connectivity index (χ0v) is 21.1. The lowest BCUT2D eigenvalue weighted by Crippen LogP contribution is -2.31. The molecule has 3 N–H and O–H groups in total. The smallest absolute Gasteiger partial charge is 0.287 e. The van der Waals surface area contributed by atoms with Crippen molar-refractivity contribution >= 4 is 38.4 Å². The highest BCUT2D eigenvalue weighted by Gasteiger charge is 2.27. The molecular formula is C24H26ClFN4O5S. The predicted molar refractivity (Wildman–Crippen MR) is 134 cm³/mol. The van der Waals surface area contributed by atoms with E-state index in [1.165, 1.54) is 6.07 Å². The number of nitrogens with one attached hydrogen (secondary N) is 3. The molecule has 2 aromatic carbocycles. The lowest BCUT2D eigenvalue weighted by molar-refractivity contribution is 0.0940. The summed E-state index contributed by atoms with van der Waals surface area (Å²) in [5.74, 6) is -1.53. The maximum Gasteiger partial charge on any atom is 0.287 e. The number of ether oxygens (including phenoxy) is 1. The number of sulfonamides is 1. The zero-order chi connectivity index (χ0) is 25.9. The number of amides is 1. The van der Waals surface area contributed by atoms with Gasteiger partial charge in [-0.1, -0.05) is 23.7 Å². The van der Waals surface area contributed by atoms with Crippen molar-refractivity contribution in [1.29, 1.82) is 0 Å². The maximum absolute atomic E-state index is 14.6. The van der Waals surface area contributed by atoms with E-state index in [4.69, 9.17) is 16.3 Å². The highest BCUT2D eigenvalue weighted by molar-refractivity contribution is 7.88. The molecule has 0 spiro atoms. The van der Waals surface area contributed by atoms with Crippen LogP contribution < -0.4 is 20.3 Å². The first kappa shape index (κ1) is 26.1. The van der Waals surface area contributed by atoms with E-state index in [9.17, 15) is 22.4 Å². The van der Waals surface area contributed by atoms with E-state index in [-0.39, 0.29) is 47.6 Å². The van der Waals surface area contributed by atoms with Gasteiger partial charge in [0.25, 0.3) is 11.5 Å². The molecule has 1 aliphatic rings. The molecule has 192 valence electrons. The van der Waals surface area contributed by atoms with Gasteiger partial charge in [0.05, 0.1) is 18.4 Å². The summed E-state index contributed by atoms with van der Waals surface area (Å²) in [7, 11) is -3.27. The minimum Gasteiger partial charge on any atom is -0.490 e. The van der Waals surface area contributed by atoms with Crippen molar-refractivity contribution in [1.82, 2.24) is 20.0 Å². The first-order chi connectivity index (χ1) is 17.1. The summed E-state index contributed by atoms with van der Waals surface area (Å²) in [5, 5.41) is 3.12. The first-order valence-corrected chi connectivity index (χ1v) is 13.7. The van der Waals surface area contributed by atoms with E-state index >= 15 is 0 Å². The largest absolute Gasteiger partial charge is 0.490 e. The number of aromatic amines is 1. The van der Waals surface area contributed by atoms with Crippen LogP contribution in [0, 0.1) is 11.7 Å². The van der Waals surface area contributed by atoms with Gasteiger partial charge in [-0.3, -0.25) is 9.59 Å². The Balaban J connectivity index is 1.43. The Kier molecular flexibility index (Phi) is 7.91. The Hall–Kier alpha value is -3.02. The second-order valence-corrected chi connectivity index (χ2v) is 11.1. The molecule has 0 aliphatic heterocycles. The van der Waals surface area contributed by atoms with E-state index in [0.717, 1.165) is 30.7 Å². The number of H-pyrrole nitrogens is 1. The molecule has 2 atom stereocenters. The highest BCUT2D eigenvalue weighted by atomic mass is 35.5. The van der Waals surface area contributed by atoms with Crippen LogP contribution in [0.4, 0.5) is 4.39 Å². The van der Waals surface area contributed by atoms with E-state index in [1.54, 1.807) is 24.3 Å². The summed E-state index contributed by atoms with van der Waals surface area (Å²) >= 11 is 5.95. The quantitative estimate of drug-likeness (QED) is 0.385. The Morgan fingerprint density at radius 3 is 2.83 bits per heavy atom. The van der Waals surface area contributed by atoms with Crippen molar-refractivity contribution in [3.63, 3.8) is 0 Å². The number of carbonyl (C=O) groups is 1. The predicted octanol–water partition coefficient (Wildman–Crippen LogP) is 3.13. The first-order valence-electron chi connectivity index (χ1n) is 11.4. The molecule has 3 aromatic rings. The molecule has 1 aliphatic carbocycles. The molecule has 1 saturated carbocycles. The molecule has 9 nitrogen and oxygen atoms in total. The number of aromatic nitrogens is 2. The van der Waals surface area contributed by atoms with Gasteiger partial charge >= 0.3 is 0 Å². The van der Waals surface area contributed by atoms with Crippen molar-refractivity contribution in [3.05, 3.63) is 69.0 Å². The molecule has 0 saturated heterocycles. The third-order valence-electron chi connectivity index (χ3n) is 6.03. The van der Waals surface area contributed by atoms with Crippen LogP contribution in [0.2, 0.25) is 5.02 Å². The summed E-state index contributed by atoms with van der Waals surface area (Å²) < 4.78 is 45.7. The van der Waals surface area contributed by atoms with Crippen molar-refractivity contribution in [2.75, 3.05) is 12.9 Å². The number of carbonyl (C=O) groups excluding carboxylic acids is 1. The van der Waals surface area contributed by atoms with Crippen LogP contribution in [-0.2, 0) is 16.6 Å². The second-order valence-electron chi connectivity index (χ2n) is 8.90. The van der Waals surface area contributed by atoms with Gasteiger partial charge in [-0.2, -0.15) is 0 Å². The molecular weight excluding hydrogens is 511 g/mol. The Morgan fingerprint density at radius 2 is 2.08 bits per heavy atom.